The van der Waals surface area contributed by atoms with Gasteiger partial charge in [-0.3, -0.25) is 5.32 Å². The SMILES string of the molecule is COc1ccc(Cl)cc1Nc1ccc(NC(=O)NC2CCCCC2)nn1. The lowest BCUT2D eigenvalue weighted by molar-refractivity contribution is 0.244. The monoisotopic (exact) mass is 375 g/mol. The van der Waals surface area contributed by atoms with E-state index in [0.717, 1.165) is 25.7 Å². The molecule has 26 heavy (non-hydrogen) atoms. The molecule has 138 valence electrons. The van der Waals surface area contributed by atoms with Gasteiger partial charge in [-0.05, 0) is 43.2 Å². The molecule has 3 N–H and O–H groups in total. The number of nitrogens with zero attached hydrogens (tertiary/aromatic N) is 2. The summed E-state index contributed by atoms with van der Waals surface area (Å²) in [5, 5.41) is 17.5. The number of aromatic nitrogens is 2. The van der Waals surface area contributed by atoms with E-state index < -0.39 is 0 Å². The van der Waals surface area contributed by atoms with Gasteiger partial charge in [0, 0.05) is 11.1 Å². The normalized spacial score (nSPS) is 14.5. The molecule has 3 rings (SSSR count). The highest BCUT2D eigenvalue weighted by Gasteiger charge is 2.16. The molecular weight excluding hydrogens is 354 g/mol. The molecule has 7 nitrogen and oxygen atoms in total. The van der Waals surface area contributed by atoms with E-state index in [0.29, 0.717) is 28.1 Å². The van der Waals surface area contributed by atoms with Crippen molar-refractivity contribution in [3.8, 4) is 5.75 Å². The highest BCUT2D eigenvalue weighted by atomic mass is 35.5. The van der Waals surface area contributed by atoms with Crippen LogP contribution < -0.4 is 20.7 Å². The van der Waals surface area contributed by atoms with Crippen molar-refractivity contribution in [2.24, 2.45) is 0 Å². The van der Waals surface area contributed by atoms with E-state index in [-0.39, 0.29) is 12.1 Å². The summed E-state index contributed by atoms with van der Waals surface area (Å²) < 4.78 is 5.29. The first-order chi connectivity index (χ1) is 12.6. The highest BCUT2D eigenvalue weighted by molar-refractivity contribution is 6.31. The second-order valence-electron chi connectivity index (χ2n) is 6.21. The van der Waals surface area contributed by atoms with E-state index in [9.17, 15) is 4.79 Å². The molecule has 2 aromatic rings. The molecule has 1 saturated carbocycles. The molecule has 1 aromatic carbocycles. The van der Waals surface area contributed by atoms with Crippen LogP contribution >= 0.6 is 11.6 Å². The number of anilines is 3. The summed E-state index contributed by atoms with van der Waals surface area (Å²) in [6.07, 6.45) is 5.64. The average Bonchev–Trinajstić information content (AvgIpc) is 2.64. The molecule has 0 radical (unpaired) electrons. The maximum atomic E-state index is 12.0. The molecular formula is C18H22ClN5O2. The maximum absolute atomic E-state index is 12.0. The van der Waals surface area contributed by atoms with Gasteiger partial charge >= 0.3 is 6.03 Å². The van der Waals surface area contributed by atoms with Crippen molar-refractivity contribution < 1.29 is 9.53 Å². The predicted octanol–water partition coefficient (Wildman–Crippen LogP) is 4.34. The lowest BCUT2D eigenvalue weighted by atomic mass is 9.96. The molecule has 0 atom stereocenters. The van der Waals surface area contributed by atoms with Crippen LogP contribution in [0.4, 0.5) is 22.1 Å². The van der Waals surface area contributed by atoms with Crippen LogP contribution in [0.15, 0.2) is 30.3 Å². The number of hydrogen-bond acceptors (Lipinski definition) is 5. The number of carbonyl (C=O) groups excluding carboxylic acids is 1. The van der Waals surface area contributed by atoms with Crippen molar-refractivity contribution in [3.63, 3.8) is 0 Å². The number of nitrogens with one attached hydrogen (secondary N) is 3. The summed E-state index contributed by atoms with van der Waals surface area (Å²) >= 11 is 6.02. The third-order valence-electron chi connectivity index (χ3n) is 4.27. The van der Waals surface area contributed by atoms with Crippen LogP contribution in [0.2, 0.25) is 5.02 Å². The van der Waals surface area contributed by atoms with Crippen molar-refractivity contribution in [2.75, 3.05) is 17.7 Å². The summed E-state index contributed by atoms with van der Waals surface area (Å²) in [5.41, 5.74) is 0.685. The Balaban J connectivity index is 1.58. The third kappa shape index (κ3) is 4.98. The molecule has 0 saturated heterocycles. The van der Waals surface area contributed by atoms with Crippen molar-refractivity contribution in [2.45, 2.75) is 38.1 Å². The van der Waals surface area contributed by atoms with Crippen LogP contribution in [-0.4, -0.2) is 29.4 Å². The molecule has 1 heterocycles. The zero-order valence-electron chi connectivity index (χ0n) is 14.6. The van der Waals surface area contributed by atoms with Gasteiger partial charge in [-0.2, -0.15) is 0 Å². The van der Waals surface area contributed by atoms with Gasteiger partial charge < -0.3 is 15.4 Å². The number of halogens is 1. The number of methoxy groups -OCH3 is 1. The zero-order valence-corrected chi connectivity index (χ0v) is 15.3. The number of hydrogen-bond donors (Lipinski definition) is 3. The first kappa shape index (κ1) is 18.3. The molecule has 8 heteroatoms. The van der Waals surface area contributed by atoms with E-state index in [4.69, 9.17) is 16.3 Å². The Bertz CT molecular complexity index is 748. The number of urea groups is 1. The van der Waals surface area contributed by atoms with E-state index in [1.54, 1.807) is 37.4 Å². The van der Waals surface area contributed by atoms with E-state index >= 15 is 0 Å². The van der Waals surface area contributed by atoms with Gasteiger partial charge in [0.2, 0.25) is 0 Å². The summed E-state index contributed by atoms with van der Waals surface area (Å²) in [4.78, 5) is 12.0. The van der Waals surface area contributed by atoms with Crippen molar-refractivity contribution >= 4 is 35.0 Å². The number of amides is 2. The standard InChI is InChI=1S/C18H22ClN5O2/c1-26-15-8-7-12(19)11-14(15)21-16-9-10-17(24-23-16)22-18(25)20-13-5-3-2-4-6-13/h7-11,13H,2-6H2,1H3,(H,21,23)(H2,20,22,24,25). The van der Waals surface area contributed by atoms with E-state index in [2.05, 4.69) is 26.1 Å². The van der Waals surface area contributed by atoms with Crippen LogP contribution in [0.3, 0.4) is 0 Å². The van der Waals surface area contributed by atoms with Gasteiger partial charge in [-0.25, -0.2) is 4.79 Å². The predicted molar refractivity (Wildman–Crippen MR) is 102 cm³/mol. The Morgan fingerprint density at radius 3 is 2.54 bits per heavy atom. The minimum absolute atomic E-state index is 0.243. The van der Waals surface area contributed by atoms with Gasteiger partial charge in [0.15, 0.2) is 11.6 Å². The molecule has 2 amide bonds. The van der Waals surface area contributed by atoms with Crippen LogP contribution in [-0.2, 0) is 0 Å². The summed E-state index contributed by atoms with van der Waals surface area (Å²) in [6, 6.07) is 8.66. The smallest absolute Gasteiger partial charge is 0.320 e. The number of benzene rings is 1. The topological polar surface area (TPSA) is 88.2 Å². The third-order valence-corrected chi connectivity index (χ3v) is 4.51. The minimum atomic E-state index is -0.247. The molecule has 0 spiro atoms. The molecule has 1 fully saturated rings. The maximum Gasteiger partial charge on any atom is 0.320 e. The van der Waals surface area contributed by atoms with Crippen LogP contribution in [0.1, 0.15) is 32.1 Å². The second-order valence-corrected chi connectivity index (χ2v) is 6.64. The minimum Gasteiger partial charge on any atom is -0.495 e. The Hall–Kier alpha value is -2.54. The van der Waals surface area contributed by atoms with Crippen molar-refractivity contribution in [1.29, 1.82) is 0 Å². The fraction of sp³-hybridized carbons (Fsp3) is 0.389. The molecule has 1 aromatic heterocycles. The van der Waals surface area contributed by atoms with E-state index in [1.165, 1.54) is 6.42 Å². The number of carbonyl (C=O) groups is 1. The van der Waals surface area contributed by atoms with Crippen LogP contribution in [0.25, 0.3) is 0 Å². The summed E-state index contributed by atoms with van der Waals surface area (Å²) in [6.45, 7) is 0. The summed E-state index contributed by atoms with van der Waals surface area (Å²) in [7, 11) is 1.58. The molecule has 1 aliphatic carbocycles. The first-order valence-corrected chi connectivity index (χ1v) is 9.03. The Morgan fingerprint density at radius 1 is 1.12 bits per heavy atom. The zero-order chi connectivity index (χ0) is 18.4. The summed E-state index contributed by atoms with van der Waals surface area (Å²) in [5.74, 6) is 1.55. The van der Waals surface area contributed by atoms with Gasteiger partial charge in [-0.15, -0.1) is 10.2 Å². The fourth-order valence-corrected chi connectivity index (χ4v) is 3.14. The quantitative estimate of drug-likeness (QED) is 0.723. The van der Waals surface area contributed by atoms with Crippen LogP contribution in [0, 0.1) is 0 Å². The fourth-order valence-electron chi connectivity index (χ4n) is 2.97. The van der Waals surface area contributed by atoms with Gasteiger partial charge in [-0.1, -0.05) is 30.9 Å². The molecule has 0 aliphatic heterocycles. The van der Waals surface area contributed by atoms with Gasteiger partial charge in [0.1, 0.15) is 5.75 Å². The van der Waals surface area contributed by atoms with Crippen molar-refractivity contribution in [3.05, 3.63) is 35.4 Å². The second kappa shape index (κ2) is 8.71. The average molecular weight is 376 g/mol. The molecule has 0 unspecified atom stereocenters. The highest BCUT2D eigenvalue weighted by Crippen LogP contribution is 2.29. The lowest BCUT2D eigenvalue weighted by Gasteiger charge is -2.22. The van der Waals surface area contributed by atoms with Gasteiger partial charge in [0.05, 0.1) is 12.8 Å². The molecule has 0 bridgehead atoms. The number of rotatable bonds is 5. The van der Waals surface area contributed by atoms with Crippen molar-refractivity contribution in [1.82, 2.24) is 15.5 Å². The first-order valence-electron chi connectivity index (χ1n) is 8.66. The Morgan fingerprint density at radius 2 is 1.85 bits per heavy atom. The molecule has 1 aliphatic rings. The number of ether oxygens (including phenoxy) is 1. The Kier molecular flexibility index (Phi) is 6.12. The van der Waals surface area contributed by atoms with Gasteiger partial charge in [0.25, 0.3) is 0 Å². The Labute approximate surface area is 157 Å². The largest absolute Gasteiger partial charge is 0.495 e. The lowest BCUT2D eigenvalue weighted by Crippen LogP contribution is -2.39. The van der Waals surface area contributed by atoms with Crippen LogP contribution in [0.5, 0.6) is 5.75 Å². The van der Waals surface area contributed by atoms with E-state index in [1.807, 2.05) is 0 Å².